The fourth-order valence-corrected chi connectivity index (χ4v) is 5.96. The molecule has 1 saturated heterocycles. The fraction of sp³-hybridized carbons (Fsp3) is 0.167. The summed E-state index contributed by atoms with van der Waals surface area (Å²) in [6.45, 7) is 0.397. The van der Waals surface area contributed by atoms with E-state index in [1.54, 1.807) is 36.4 Å². The molecular weight excluding hydrogens is 468 g/mol. The summed E-state index contributed by atoms with van der Waals surface area (Å²) in [5, 5.41) is 3.25. The molecule has 9 heteroatoms. The molecule has 2 aliphatic heterocycles. The van der Waals surface area contributed by atoms with Crippen molar-refractivity contribution in [3.8, 4) is 0 Å². The number of carbonyl (C=O) groups excluding carboxylic acids is 2. The molecule has 3 aromatic carbocycles. The number of amides is 3. The van der Waals surface area contributed by atoms with Gasteiger partial charge < -0.3 is 10.2 Å². The van der Waals surface area contributed by atoms with Gasteiger partial charge >= 0.3 is 6.03 Å². The zero-order valence-electron chi connectivity index (χ0n) is 17.2. The minimum atomic E-state index is -1.41. The summed E-state index contributed by atoms with van der Waals surface area (Å²) in [6, 6.07) is 16.3. The number of hydrogen-bond acceptors (Lipinski definition) is 3. The van der Waals surface area contributed by atoms with Crippen molar-refractivity contribution in [3.63, 3.8) is 0 Å². The lowest BCUT2D eigenvalue weighted by molar-refractivity contribution is -0.123. The van der Waals surface area contributed by atoms with E-state index in [-0.39, 0.29) is 12.5 Å². The number of anilines is 2. The van der Waals surface area contributed by atoms with Gasteiger partial charge in [-0.05, 0) is 54.1 Å². The summed E-state index contributed by atoms with van der Waals surface area (Å²) in [4.78, 5) is 28.6. The predicted molar refractivity (Wildman–Crippen MR) is 125 cm³/mol. The number of hydrogen-bond donors (Lipinski definition) is 1. The number of rotatable bonds is 3. The van der Waals surface area contributed by atoms with Crippen LogP contribution in [0.4, 0.5) is 25.0 Å². The second-order valence-corrected chi connectivity index (χ2v) is 9.49. The zero-order valence-corrected chi connectivity index (χ0v) is 18.8. The summed E-state index contributed by atoms with van der Waals surface area (Å²) < 4.78 is 28.1. The number of halogens is 3. The Morgan fingerprint density at radius 3 is 2.64 bits per heavy atom. The standard InChI is InChI=1S/C24H18ClF2N3O2S/c25-16-4-2-6-19(12-16)28-23(32)30-9-10-33-24(30)20-13-18(27)7-8-21(20)29(22(24)31)14-15-3-1-5-17(26)11-15/h1-8,11-13H,9-10,14H2,(H,28,32)/t24-/m1/s1. The van der Waals surface area contributed by atoms with Crippen LogP contribution in [0.5, 0.6) is 0 Å². The minimum absolute atomic E-state index is 0.0985. The first-order chi connectivity index (χ1) is 15.9. The van der Waals surface area contributed by atoms with Crippen LogP contribution in [0.25, 0.3) is 0 Å². The maximum absolute atomic E-state index is 14.3. The highest BCUT2D eigenvalue weighted by atomic mass is 35.5. The normalized spacial score (nSPS) is 19.3. The first kappa shape index (κ1) is 21.7. The SMILES string of the molecule is O=C(Nc1cccc(Cl)c1)N1CCS[C@]12C(=O)N(Cc1cccc(F)c1)c1ccc(F)cc12. The van der Waals surface area contributed by atoms with Gasteiger partial charge in [-0.3, -0.25) is 9.69 Å². The number of nitrogens with one attached hydrogen (secondary N) is 1. The van der Waals surface area contributed by atoms with Crippen molar-refractivity contribution >= 4 is 46.7 Å². The largest absolute Gasteiger partial charge is 0.323 e. The molecule has 1 N–H and O–H groups in total. The fourth-order valence-electron chi connectivity index (χ4n) is 4.32. The molecule has 0 bridgehead atoms. The minimum Gasteiger partial charge on any atom is -0.308 e. The average Bonchev–Trinajstić information content (AvgIpc) is 3.31. The van der Waals surface area contributed by atoms with Gasteiger partial charge in [-0.2, -0.15) is 0 Å². The van der Waals surface area contributed by atoms with Gasteiger partial charge in [0.25, 0.3) is 5.91 Å². The highest BCUT2D eigenvalue weighted by Gasteiger charge is 2.59. The highest BCUT2D eigenvalue weighted by molar-refractivity contribution is 8.01. The number of thioether (sulfide) groups is 1. The van der Waals surface area contributed by atoms with Gasteiger partial charge in [0.15, 0.2) is 4.87 Å². The molecule has 1 spiro atoms. The van der Waals surface area contributed by atoms with E-state index < -0.39 is 22.5 Å². The smallest absolute Gasteiger partial charge is 0.308 e. The van der Waals surface area contributed by atoms with E-state index in [1.807, 2.05) is 0 Å². The third kappa shape index (κ3) is 3.73. The third-order valence-electron chi connectivity index (χ3n) is 5.71. The van der Waals surface area contributed by atoms with Crippen LogP contribution in [0, 0.1) is 11.6 Å². The van der Waals surface area contributed by atoms with Crippen molar-refractivity contribution in [2.24, 2.45) is 0 Å². The molecule has 2 heterocycles. The van der Waals surface area contributed by atoms with Gasteiger partial charge in [0, 0.05) is 28.6 Å². The molecule has 0 radical (unpaired) electrons. The number of fused-ring (bicyclic) bond motifs is 2. The van der Waals surface area contributed by atoms with Gasteiger partial charge in [-0.15, -0.1) is 11.8 Å². The van der Waals surface area contributed by atoms with Crippen LogP contribution in [0.2, 0.25) is 5.02 Å². The van der Waals surface area contributed by atoms with E-state index in [9.17, 15) is 18.4 Å². The Hall–Kier alpha value is -3.10. The van der Waals surface area contributed by atoms with Gasteiger partial charge in [0.05, 0.1) is 12.2 Å². The van der Waals surface area contributed by atoms with E-state index in [2.05, 4.69) is 5.32 Å². The van der Waals surface area contributed by atoms with Crippen molar-refractivity contribution < 1.29 is 18.4 Å². The summed E-state index contributed by atoms with van der Waals surface area (Å²) in [5.41, 5.74) is 1.99. The molecule has 33 heavy (non-hydrogen) atoms. The molecule has 168 valence electrons. The Balaban J connectivity index is 1.54. The summed E-state index contributed by atoms with van der Waals surface area (Å²) in [6.07, 6.45) is 0. The highest BCUT2D eigenvalue weighted by Crippen LogP contribution is 2.54. The molecule has 3 aromatic rings. The Morgan fingerprint density at radius 1 is 1.06 bits per heavy atom. The van der Waals surface area contributed by atoms with Crippen LogP contribution in [0.3, 0.4) is 0 Å². The van der Waals surface area contributed by atoms with Crippen molar-refractivity contribution in [2.75, 3.05) is 22.5 Å². The first-order valence-electron chi connectivity index (χ1n) is 10.2. The molecule has 0 aliphatic carbocycles. The van der Waals surface area contributed by atoms with Crippen LogP contribution >= 0.6 is 23.4 Å². The predicted octanol–water partition coefficient (Wildman–Crippen LogP) is 5.60. The molecule has 0 unspecified atom stereocenters. The Labute approximate surface area is 198 Å². The molecular formula is C24H18ClF2N3O2S. The van der Waals surface area contributed by atoms with Crippen molar-refractivity contribution in [1.29, 1.82) is 0 Å². The van der Waals surface area contributed by atoms with E-state index in [1.165, 1.54) is 51.9 Å². The van der Waals surface area contributed by atoms with Gasteiger partial charge in [-0.1, -0.05) is 29.8 Å². The van der Waals surface area contributed by atoms with E-state index >= 15 is 0 Å². The van der Waals surface area contributed by atoms with E-state index in [4.69, 9.17) is 11.6 Å². The van der Waals surface area contributed by atoms with Crippen molar-refractivity contribution in [2.45, 2.75) is 11.4 Å². The maximum atomic E-state index is 14.3. The topological polar surface area (TPSA) is 52.7 Å². The van der Waals surface area contributed by atoms with Gasteiger partial charge in [-0.25, -0.2) is 13.6 Å². The number of benzene rings is 3. The summed E-state index contributed by atoms with van der Waals surface area (Å²) in [7, 11) is 0. The van der Waals surface area contributed by atoms with Gasteiger partial charge in [0.2, 0.25) is 0 Å². The molecule has 3 amide bonds. The number of carbonyl (C=O) groups is 2. The molecule has 0 saturated carbocycles. The quantitative estimate of drug-likeness (QED) is 0.525. The molecule has 0 aromatic heterocycles. The first-order valence-corrected chi connectivity index (χ1v) is 11.6. The molecule has 5 rings (SSSR count). The van der Waals surface area contributed by atoms with Crippen molar-refractivity contribution in [1.82, 2.24) is 4.90 Å². The number of nitrogens with zero attached hydrogens (tertiary/aromatic N) is 2. The van der Waals surface area contributed by atoms with E-state index in [0.29, 0.717) is 39.8 Å². The zero-order chi connectivity index (χ0) is 23.2. The Kier molecular flexibility index (Phi) is 5.50. The van der Waals surface area contributed by atoms with Crippen LogP contribution in [-0.4, -0.2) is 29.1 Å². The maximum Gasteiger partial charge on any atom is 0.323 e. The number of urea groups is 1. The molecule has 1 fully saturated rings. The molecule has 1 atom stereocenters. The van der Waals surface area contributed by atoms with Crippen LogP contribution < -0.4 is 10.2 Å². The van der Waals surface area contributed by atoms with Crippen LogP contribution in [-0.2, 0) is 16.2 Å². The molecule has 5 nitrogen and oxygen atoms in total. The van der Waals surface area contributed by atoms with E-state index in [0.717, 1.165) is 0 Å². The average molecular weight is 486 g/mol. The summed E-state index contributed by atoms with van der Waals surface area (Å²) >= 11 is 7.31. The Bertz CT molecular complexity index is 1270. The lowest BCUT2D eigenvalue weighted by atomic mass is 10.1. The monoisotopic (exact) mass is 485 g/mol. The van der Waals surface area contributed by atoms with Gasteiger partial charge in [0.1, 0.15) is 11.6 Å². The second kappa shape index (κ2) is 8.35. The Morgan fingerprint density at radius 2 is 1.85 bits per heavy atom. The van der Waals surface area contributed by atoms with Crippen LogP contribution in [0.15, 0.2) is 66.7 Å². The van der Waals surface area contributed by atoms with Crippen molar-refractivity contribution in [3.05, 3.63) is 94.5 Å². The lowest BCUT2D eigenvalue weighted by Gasteiger charge is -2.33. The third-order valence-corrected chi connectivity index (χ3v) is 7.36. The summed E-state index contributed by atoms with van der Waals surface area (Å²) in [5.74, 6) is -0.781. The lowest BCUT2D eigenvalue weighted by Crippen LogP contribution is -2.51. The second-order valence-electron chi connectivity index (χ2n) is 7.77. The van der Waals surface area contributed by atoms with Crippen LogP contribution in [0.1, 0.15) is 11.1 Å². The molecule has 2 aliphatic rings.